The first-order valence-electron chi connectivity index (χ1n) is 7.06. The van der Waals surface area contributed by atoms with E-state index in [2.05, 4.69) is 20.6 Å². The van der Waals surface area contributed by atoms with Gasteiger partial charge in [-0.2, -0.15) is 9.64 Å². The summed E-state index contributed by atoms with van der Waals surface area (Å²) in [4.78, 5) is 0. The van der Waals surface area contributed by atoms with E-state index in [1.54, 1.807) is 12.3 Å². The van der Waals surface area contributed by atoms with Crippen LogP contribution >= 0.6 is 34.9 Å². The maximum Gasteiger partial charge on any atom is 0.205 e. The number of rotatable bonds is 4. The van der Waals surface area contributed by atoms with Crippen molar-refractivity contribution in [3.05, 3.63) is 59.4 Å². The predicted molar refractivity (Wildman–Crippen MR) is 95.0 cm³/mol. The van der Waals surface area contributed by atoms with Gasteiger partial charge in [0.15, 0.2) is 10.9 Å². The Hall–Kier alpha value is -2.60. The van der Waals surface area contributed by atoms with Gasteiger partial charge in [-0.15, -0.1) is 10.2 Å². The number of nitriles is 1. The maximum atomic E-state index is 9.27. The second kappa shape index (κ2) is 6.72. The molecule has 0 saturated carbocycles. The summed E-state index contributed by atoms with van der Waals surface area (Å²) < 4.78 is 12.1. The van der Waals surface area contributed by atoms with E-state index in [0.717, 1.165) is 17.2 Å². The number of hydrogen-bond donors (Lipinski definition) is 0. The molecule has 0 radical (unpaired) electrons. The van der Waals surface area contributed by atoms with Crippen molar-refractivity contribution >= 4 is 34.9 Å². The zero-order valence-corrected chi connectivity index (χ0v) is 14.8. The smallest absolute Gasteiger partial charge is 0.205 e. The molecule has 0 fully saturated rings. The fourth-order valence-electron chi connectivity index (χ4n) is 2.21. The molecule has 122 valence electrons. The molecular weight excluding hydrogens is 378 g/mol. The zero-order valence-electron chi connectivity index (χ0n) is 12.5. The van der Waals surface area contributed by atoms with Crippen molar-refractivity contribution in [3.63, 3.8) is 0 Å². The molecule has 9 heteroatoms. The highest BCUT2D eigenvalue weighted by atomic mass is 35.5. The Balaban J connectivity index is 1.85. The topological polar surface area (TPSA) is 80.5 Å². The van der Waals surface area contributed by atoms with Crippen molar-refractivity contribution in [1.29, 1.82) is 5.26 Å². The number of benzene rings is 1. The summed E-state index contributed by atoms with van der Waals surface area (Å²) >= 11 is 8.42. The van der Waals surface area contributed by atoms with Crippen LogP contribution in [0, 0.1) is 11.3 Å². The van der Waals surface area contributed by atoms with Gasteiger partial charge in [0, 0.05) is 5.69 Å². The summed E-state index contributed by atoms with van der Waals surface area (Å²) in [6, 6.07) is 15.4. The first-order chi connectivity index (χ1) is 12.3. The quantitative estimate of drug-likeness (QED) is 0.508. The van der Waals surface area contributed by atoms with Gasteiger partial charge in [-0.3, -0.25) is 4.57 Å². The number of aromatic nitrogens is 4. The molecule has 25 heavy (non-hydrogen) atoms. The van der Waals surface area contributed by atoms with E-state index in [1.165, 1.54) is 11.8 Å². The second-order valence-electron chi connectivity index (χ2n) is 4.80. The molecule has 0 N–H and O–H groups in total. The monoisotopic (exact) mass is 385 g/mol. The lowest BCUT2D eigenvalue weighted by Gasteiger charge is -2.08. The normalized spacial score (nSPS) is 10.7. The van der Waals surface area contributed by atoms with E-state index in [0.29, 0.717) is 26.5 Å². The average Bonchev–Trinajstić information content (AvgIpc) is 3.36. The highest BCUT2D eigenvalue weighted by Gasteiger charge is 2.21. The summed E-state index contributed by atoms with van der Waals surface area (Å²) in [5.74, 6) is 1.18. The molecule has 3 heterocycles. The van der Waals surface area contributed by atoms with Crippen molar-refractivity contribution in [1.82, 2.24) is 19.1 Å². The average molecular weight is 386 g/mol. The van der Waals surface area contributed by atoms with Gasteiger partial charge in [-0.05, 0) is 47.6 Å². The zero-order chi connectivity index (χ0) is 17.2. The molecule has 0 aliphatic heterocycles. The van der Waals surface area contributed by atoms with Crippen LogP contribution in [-0.4, -0.2) is 19.1 Å². The van der Waals surface area contributed by atoms with Crippen molar-refractivity contribution < 1.29 is 4.42 Å². The summed E-state index contributed by atoms with van der Waals surface area (Å²) in [6.07, 6.45) is 1.59. The first kappa shape index (κ1) is 15.9. The highest BCUT2D eigenvalue weighted by Crippen LogP contribution is 2.38. The number of para-hydroxylation sites is 1. The van der Waals surface area contributed by atoms with Crippen LogP contribution in [0.1, 0.15) is 5.56 Å². The van der Waals surface area contributed by atoms with Crippen molar-refractivity contribution in [2.24, 2.45) is 0 Å². The first-order valence-corrected chi connectivity index (χ1v) is 9.02. The van der Waals surface area contributed by atoms with Crippen LogP contribution in [0.3, 0.4) is 0 Å². The molecule has 4 aromatic rings. The largest absolute Gasteiger partial charge is 0.461 e. The van der Waals surface area contributed by atoms with Crippen LogP contribution in [0.2, 0.25) is 5.15 Å². The Bertz CT molecular complexity index is 1050. The Morgan fingerprint density at radius 1 is 1.16 bits per heavy atom. The Morgan fingerprint density at radius 2 is 2.00 bits per heavy atom. The number of hydrogen-bond acceptors (Lipinski definition) is 7. The van der Waals surface area contributed by atoms with E-state index in [1.807, 2.05) is 41.0 Å². The molecule has 0 saturated heterocycles. The fourth-order valence-corrected chi connectivity index (χ4v) is 4.31. The third kappa shape index (κ3) is 2.93. The molecule has 0 aliphatic rings. The third-order valence-corrected chi connectivity index (χ3v) is 5.63. The standard InChI is InChI=1S/C16H8ClN5OS2/c17-13-11(9-18)15(25-21-13)24-16-20-19-14(12-7-4-8-23-12)22(16)10-5-2-1-3-6-10/h1-8H. The van der Waals surface area contributed by atoms with E-state index >= 15 is 0 Å². The van der Waals surface area contributed by atoms with Crippen LogP contribution < -0.4 is 0 Å². The summed E-state index contributed by atoms with van der Waals surface area (Å²) in [5, 5.41) is 18.6. The summed E-state index contributed by atoms with van der Waals surface area (Å²) in [6.45, 7) is 0. The number of nitrogens with zero attached hydrogens (tertiary/aromatic N) is 5. The van der Waals surface area contributed by atoms with Gasteiger partial charge in [-0.25, -0.2) is 0 Å². The minimum Gasteiger partial charge on any atom is -0.461 e. The molecule has 0 amide bonds. The van der Waals surface area contributed by atoms with E-state index in [4.69, 9.17) is 16.0 Å². The van der Waals surface area contributed by atoms with Gasteiger partial charge in [0.2, 0.25) is 11.0 Å². The van der Waals surface area contributed by atoms with Crippen LogP contribution in [0.25, 0.3) is 17.3 Å². The van der Waals surface area contributed by atoms with Crippen molar-refractivity contribution in [2.75, 3.05) is 0 Å². The minimum atomic E-state index is 0.201. The molecule has 0 unspecified atom stereocenters. The Morgan fingerprint density at radius 3 is 2.72 bits per heavy atom. The van der Waals surface area contributed by atoms with E-state index in [-0.39, 0.29) is 5.15 Å². The molecule has 3 aromatic heterocycles. The molecule has 1 aromatic carbocycles. The van der Waals surface area contributed by atoms with Crippen LogP contribution in [0.15, 0.2) is 62.5 Å². The molecule has 0 bridgehead atoms. The van der Waals surface area contributed by atoms with Crippen molar-refractivity contribution in [3.8, 4) is 23.3 Å². The van der Waals surface area contributed by atoms with E-state index in [9.17, 15) is 5.26 Å². The Kier molecular flexibility index (Phi) is 4.28. The van der Waals surface area contributed by atoms with Crippen molar-refractivity contribution in [2.45, 2.75) is 9.37 Å². The van der Waals surface area contributed by atoms with Gasteiger partial charge in [0.25, 0.3) is 0 Å². The molecule has 0 aliphatic carbocycles. The van der Waals surface area contributed by atoms with Crippen LogP contribution in [-0.2, 0) is 0 Å². The number of halogens is 1. The lowest BCUT2D eigenvalue weighted by molar-refractivity contribution is 0.575. The van der Waals surface area contributed by atoms with Gasteiger partial charge < -0.3 is 4.42 Å². The maximum absolute atomic E-state index is 9.27. The second-order valence-corrected chi connectivity index (χ2v) is 7.17. The lowest BCUT2D eigenvalue weighted by Crippen LogP contribution is -1.98. The summed E-state index contributed by atoms with van der Waals surface area (Å²) in [5.41, 5.74) is 1.23. The third-order valence-electron chi connectivity index (χ3n) is 3.30. The van der Waals surface area contributed by atoms with Gasteiger partial charge >= 0.3 is 0 Å². The minimum absolute atomic E-state index is 0.201. The fraction of sp³-hybridized carbons (Fsp3) is 0. The predicted octanol–water partition coefficient (Wildman–Crippen LogP) is 4.66. The molecular formula is C16H8ClN5OS2. The van der Waals surface area contributed by atoms with Gasteiger partial charge in [0.05, 0.1) is 6.26 Å². The van der Waals surface area contributed by atoms with Crippen LogP contribution in [0.5, 0.6) is 0 Å². The molecule has 4 rings (SSSR count). The lowest BCUT2D eigenvalue weighted by atomic mass is 10.3. The molecule has 6 nitrogen and oxygen atoms in total. The van der Waals surface area contributed by atoms with Crippen LogP contribution in [0.4, 0.5) is 0 Å². The van der Waals surface area contributed by atoms with Gasteiger partial charge in [-0.1, -0.05) is 29.8 Å². The number of furan rings is 1. The summed E-state index contributed by atoms with van der Waals surface area (Å²) in [7, 11) is 0. The Labute approximate surface area is 155 Å². The van der Waals surface area contributed by atoms with E-state index < -0.39 is 0 Å². The van der Waals surface area contributed by atoms with Gasteiger partial charge in [0.1, 0.15) is 15.8 Å². The SMILES string of the molecule is N#Cc1c(Cl)nsc1Sc1nnc(-c2ccco2)n1-c1ccccc1. The highest BCUT2D eigenvalue weighted by molar-refractivity contribution is 8.01. The molecule has 0 atom stereocenters. The molecule has 0 spiro atoms.